The quantitative estimate of drug-likeness (QED) is 0.711. The van der Waals surface area contributed by atoms with Crippen molar-refractivity contribution in [2.45, 2.75) is 19.9 Å². The largest absolute Gasteiger partial charge is 0.365 e. The van der Waals surface area contributed by atoms with E-state index >= 15 is 0 Å². The van der Waals surface area contributed by atoms with Crippen LogP contribution in [0.3, 0.4) is 0 Å². The molecule has 1 N–H and O–H groups in total. The average molecular weight is 403 g/mol. The molecule has 0 saturated heterocycles. The number of benzene rings is 2. The fourth-order valence-corrected chi connectivity index (χ4v) is 2.71. The predicted molar refractivity (Wildman–Crippen MR) is 106 cm³/mol. The summed E-state index contributed by atoms with van der Waals surface area (Å²) >= 11 is 11.9. The molecule has 27 heavy (non-hydrogen) atoms. The third-order valence-electron chi connectivity index (χ3n) is 4.04. The molecule has 0 bridgehead atoms. The molecule has 1 aromatic heterocycles. The summed E-state index contributed by atoms with van der Waals surface area (Å²) in [7, 11) is 0. The van der Waals surface area contributed by atoms with Crippen molar-refractivity contribution < 1.29 is 4.79 Å². The highest BCUT2D eigenvalue weighted by Crippen LogP contribution is 2.21. The van der Waals surface area contributed by atoms with Crippen LogP contribution in [0.4, 0.5) is 5.69 Å². The first-order chi connectivity index (χ1) is 12.8. The molecule has 1 heterocycles. The lowest BCUT2D eigenvalue weighted by atomic mass is 10.2. The molecule has 0 radical (unpaired) electrons. The standard InChI is InChI=1S/C19H16Cl2N4O2/c1-11-3-8-15(9-16(11)21)23-18(26)12(2)25-19(27)24-17(10-22-25)13-4-6-14(20)7-5-13/h3-10,12H,1-2H3,(H,23,26)/t12-/m1/s1. The molecule has 2 aromatic carbocycles. The molecule has 138 valence electrons. The molecule has 8 heteroatoms. The van der Waals surface area contributed by atoms with Gasteiger partial charge in [-0.3, -0.25) is 4.79 Å². The minimum absolute atomic E-state index is 0.398. The smallest absolute Gasteiger partial charge is 0.324 e. The van der Waals surface area contributed by atoms with Gasteiger partial charge in [0.2, 0.25) is 5.91 Å². The molecule has 3 rings (SSSR count). The molecule has 1 atom stereocenters. The van der Waals surface area contributed by atoms with Crippen molar-refractivity contribution in [2.75, 3.05) is 5.32 Å². The van der Waals surface area contributed by atoms with Gasteiger partial charge in [-0.1, -0.05) is 41.4 Å². The summed E-state index contributed by atoms with van der Waals surface area (Å²) in [5, 5.41) is 7.95. The molecule has 3 aromatic rings. The Morgan fingerprint density at radius 3 is 2.48 bits per heavy atom. The van der Waals surface area contributed by atoms with E-state index in [0.29, 0.717) is 27.0 Å². The lowest BCUT2D eigenvalue weighted by Crippen LogP contribution is -2.34. The van der Waals surface area contributed by atoms with Gasteiger partial charge in [0.15, 0.2) is 0 Å². The fourth-order valence-electron chi connectivity index (χ4n) is 2.40. The van der Waals surface area contributed by atoms with Gasteiger partial charge in [-0.15, -0.1) is 0 Å². The van der Waals surface area contributed by atoms with Gasteiger partial charge in [0.1, 0.15) is 6.04 Å². The van der Waals surface area contributed by atoms with Crippen LogP contribution < -0.4 is 11.0 Å². The van der Waals surface area contributed by atoms with Crippen LogP contribution in [-0.2, 0) is 4.79 Å². The van der Waals surface area contributed by atoms with Gasteiger partial charge in [0.25, 0.3) is 0 Å². The number of hydrogen-bond acceptors (Lipinski definition) is 4. The molecule has 0 aliphatic heterocycles. The summed E-state index contributed by atoms with van der Waals surface area (Å²) in [4.78, 5) is 28.8. The van der Waals surface area contributed by atoms with E-state index in [0.717, 1.165) is 10.2 Å². The number of aryl methyl sites for hydroxylation is 1. The maximum Gasteiger partial charge on any atom is 0.365 e. The second-order valence-electron chi connectivity index (χ2n) is 6.00. The van der Waals surface area contributed by atoms with Crippen molar-refractivity contribution in [2.24, 2.45) is 0 Å². The minimum atomic E-state index is -0.843. The Bertz CT molecular complexity index is 1050. The van der Waals surface area contributed by atoms with E-state index in [-0.39, 0.29) is 0 Å². The summed E-state index contributed by atoms with van der Waals surface area (Å²) in [5.41, 5.74) is 1.95. The number of amides is 1. The Hall–Kier alpha value is -2.70. The van der Waals surface area contributed by atoms with Crippen molar-refractivity contribution in [3.63, 3.8) is 0 Å². The number of halogens is 2. The average Bonchev–Trinajstić information content (AvgIpc) is 2.64. The number of anilines is 1. The van der Waals surface area contributed by atoms with E-state index in [1.54, 1.807) is 49.4 Å². The van der Waals surface area contributed by atoms with Crippen LogP contribution in [0.15, 0.2) is 53.5 Å². The molecule has 0 fully saturated rings. The van der Waals surface area contributed by atoms with Crippen LogP contribution in [0.1, 0.15) is 18.5 Å². The maximum absolute atomic E-state index is 12.5. The van der Waals surface area contributed by atoms with Gasteiger partial charge in [0, 0.05) is 21.3 Å². The van der Waals surface area contributed by atoms with E-state index in [1.165, 1.54) is 6.20 Å². The van der Waals surface area contributed by atoms with E-state index in [1.807, 2.05) is 6.92 Å². The molecule has 0 aliphatic carbocycles. The monoisotopic (exact) mass is 402 g/mol. The number of aromatic nitrogens is 3. The zero-order chi connectivity index (χ0) is 19.6. The Labute approximate surface area is 165 Å². The number of carbonyl (C=O) groups excluding carboxylic acids is 1. The van der Waals surface area contributed by atoms with Crippen molar-refractivity contribution in [3.05, 3.63) is 74.8 Å². The van der Waals surface area contributed by atoms with Gasteiger partial charge in [-0.05, 0) is 43.7 Å². The van der Waals surface area contributed by atoms with Gasteiger partial charge in [0.05, 0.1) is 11.9 Å². The molecular weight excluding hydrogens is 387 g/mol. The van der Waals surface area contributed by atoms with Crippen LogP contribution in [0.5, 0.6) is 0 Å². The predicted octanol–water partition coefficient (Wildman–Crippen LogP) is 4.12. The van der Waals surface area contributed by atoms with Gasteiger partial charge < -0.3 is 5.32 Å². The molecule has 1 amide bonds. The zero-order valence-electron chi connectivity index (χ0n) is 14.6. The number of hydrogen-bond donors (Lipinski definition) is 1. The lowest BCUT2D eigenvalue weighted by molar-refractivity contribution is -0.119. The molecule has 6 nitrogen and oxygen atoms in total. The van der Waals surface area contributed by atoms with Crippen molar-refractivity contribution in [3.8, 4) is 11.3 Å². The van der Waals surface area contributed by atoms with Crippen molar-refractivity contribution in [1.29, 1.82) is 0 Å². The van der Waals surface area contributed by atoms with E-state index in [4.69, 9.17) is 23.2 Å². The molecule has 0 aliphatic rings. The SMILES string of the molecule is Cc1ccc(NC(=O)[C@@H](C)n2ncc(-c3ccc(Cl)cc3)nc2=O)cc1Cl. The molecule has 0 saturated carbocycles. The first kappa shape index (κ1) is 19.1. The summed E-state index contributed by atoms with van der Waals surface area (Å²) < 4.78 is 1.03. The summed E-state index contributed by atoms with van der Waals surface area (Å²) in [6, 6.07) is 11.2. The number of nitrogens with one attached hydrogen (secondary N) is 1. The normalized spacial score (nSPS) is 11.9. The number of rotatable bonds is 4. The molecule has 0 unspecified atom stereocenters. The van der Waals surface area contributed by atoms with Crippen LogP contribution in [-0.4, -0.2) is 20.7 Å². The maximum atomic E-state index is 12.5. The third kappa shape index (κ3) is 4.35. The summed E-state index contributed by atoms with van der Waals surface area (Å²) in [6.45, 7) is 3.44. The Morgan fingerprint density at radius 1 is 1.15 bits per heavy atom. The lowest BCUT2D eigenvalue weighted by Gasteiger charge is -2.14. The Balaban J connectivity index is 1.80. The van der Waals surface area contributed by atoms with Gasteiger partial charge in [-0.2, -0.15) is 10.1 Å². The Morgan fingerprint density at radius 2 is 1.85 bits per heavy atom. The Kier molecular flexibility index (Phi) is 5.58. The van der Waals surface area contributed by atoms with Crippen LogP contribution >= 0.6 is 23.2 Å². The van der Waals surface area contributed by atoms with Gasteiger partial charge in [-0.25, -0.2) is 9.48 Å². The first-order valence-corrected chi connectivity index (χ1v) is 8.89. The van der Waals surface area contributed by atoms with Crippen molar-refractivity contribution >= 4 is 34.8 Å². The van der Waals surface area contributed by atoms with Crippen molar-refractivity contribution in [1.82, 2.24) is 14.8 Å². The van der Waals surface area contributed by atoms with Crippen LogP contribution in [0, 0.1) is 6.92 Å². The number of nitrogens with zero attached hydrogens (tertiary/aromatic N) is 3. The third-order valence-corrected chi connectivity index (χ3v) is 4.70. The molecular formula is C19H16Cl2N4O2. The highest BCUT2D eigenvalue weighted by molar-refractivity contribution is 6.31. The van der Waals surface area contributed by atoms with E-state index in [9.17, 15) is 9.59 Å². The topological polar surface area (TPSA) is 76.9 Å². The number of carbonyl (C=O) groups is 1. The second-order valence-corrected chi connectivity index (χ2v) is 6.85. The fraction of sp³-hybridized carbons (Fsp3) is 0.158. The highest BCUT2D eigenvalue weighted by atomic mass is 35.5. The minimum Gasteiger partial charge on any atom is -0.324 e. The zero-order valence-corrected chi connectivity index (χ0v) is 16.1. The van der Waals surface area contributed by atoms with Crippen LogP contribution in [0.25, 0.3) is 11.3 Å². The highest BCUT2D eigenvalue weighted by Gasteiger charge is 2.19. The van der Waals surface area contributed by atoms with E-state index in [2.05, 4.69) is 15.4 Å². The van der Waals surface area contributed by atoms with E-state index < -0.39 is 17.6 Å². The van der Waals surface area contributed by atoms with Crippen LogP contribution in [0.2, 0.25) is 10.0 Å². The molecule has 0 spiro atoms. The second kappa shape index (κ2) is 7.90. The van der Waals surface area contributed by atoms with Gasteiger partial charge >= 0.3 is 5.69 Å². The summed E-state index contributed by atoms with van der Waals surface area (Å²) in [5.74, 6) is -0.398. The summed E-state index contributed by atoms with van der Waals surface area (Å²) in [6.07, 6.45) is 1.44. The first-order valence-electron chi connectivity index (χ1n) is 8.14.